The van der Waals surface area contributed by atoms with E-state index in [1.165, 1.54) is 21.9 Å². The van der Waals surface area contributed by atoms with E-state index in [4.69, 9.17) is 5.84 Å². The van der Waals surface area contributed by atoms with Crippen LogP contribution in [0.15, 0.2) is 60.9 Å². The average molecular weight is 277 g/mol. The zero-order chi connectivity index (χ0) is 14.7. The van der Waals surface area contributed by atoms with Gasteiger partial charge in [-0.15, -0.1) is 0 Å². The van der Waals surface area contributed by atoms with Crippen molar-refractivity contribution in [2.24, 2.45) is 5.84 Å². The monoisotopic (exact) mass is 277 g/mol. The lowest BCUT2D eigenvalue weighted by molar-refractivity contribution is 0.550. The maximum Gasteiger partial charge on any atom is 0.0504 e. The number of aromatic nitrogens is 1. The Bertz CT molecular complexity index is 747. The molecular formula is C18H19N3. The molecule has 0 fully saturated rings. The van der Waals surface area contributed by atoms with Gasteiger partial charge in [0.15, 0.2) is 0 Å². The predicted molar refractivity (Wildman–Crippen MR) is 86.7 cm³/mol. The molecule has 0 amide bonds. The largest absolute Gasteiger partial charge is 0.271 e. The smallest absolute Gasteiger partial charge is 0.0504 e. The van der Waals surface area contributed by atoms with Crippen LogP contribution in [0, 0.1) is 6.92 Å². The topological polar surface area (TPSA) is 50.9 Å². The lowest BCUT2D eigenvalue weighted by Crippen LogP contribution is -2.30. The van der Waals surface area contributed by atoms with Crippen LogP contribution in [0.1, 0.15) is 22.7 Å². The number of nitrogens with one attached hydrogen (secondary N) is 1. The first kappa shape index (κ1) is 13.7. The Labute approximate surface area is 124 Å². The van der Waals surface area contributed by atoms with E-state index in [0.717, 1.165) is 12.0 Å². The molecule has 0 aliphatic rings. The molecular weight excluding hydrogens is 258 g/mol. The van der Waals surface area contributed by atoms with E-state index in [0.29, 0.717) is 0 Å². The van der Waals surface area contributed by atoms with Gasteiger partial charge in [0.2, 0.25) is 0 Å². The molecule has 0 saturated heterocycles. The first-order chi connectivity index (χ1) is 10.3. The number of hydrazine groups is 1. The van der Waals surface area contributed by atoms with Crippen LogP contribution in [0.2, 0.25) is 0 Å². The summed E-state index contributed by atoms with van der Waals surface area (Å²) in [6.45, 7) is 2.07. The Morgan fingerprint density at radius 2 is 1.90 bits per heavy atom. The predicted octanol–water partition coefficient (Wildman–Crippen LogP) is 3.29. The maximum absolute atomic E-state index is 5.80. The Hall–Kier alpha value is -2.23. The van der Waals surface area contributed by atoms with Crippen LogP contribution in [0.5, 0.6) is 0 Å². The number of hydrogen-bond donors (Lipinski definition) is 2. The van der Waals surface area contributed by atoms with Gasteiger partial charge in [0.05, 0.1) is 6.04 Å². The number of rotatable bonds is 4. The maximum atomic E-state index is 5.80. The van der Waals surface area contributed by atoms with E-state index in [9.17, 15) is 0 Å². The summed E-state index contributed by atoms with van der Waals surface area (Å²) < 4.78 is 0. The second-order valence-electron chi connectivity index (χ2n) is 5.29. The minimum atomic E-state index is 0.0822. The molecule has 2 aromatic carbocycles. The van der Waals surface area contributed by atoms with E-state index in [2.05, 4.69) is 59.8 Å². The zero-order valence-electron chi connectivity index (χ0n) is 12.1. The molecule has 3 nitrogen and oxygen atoms in total. The van der Waals surface area contributed by atoms with E-state index in [1.54, 1.807) is 0 Å². The SMILES string of the molecule is Cc1cnccc1C(Cc1cccc2ccccc12)NN. The fourth-order valence-electron chi connectivity index (χ4n) is 2.82. The summed E-state index contributed by atoms with van der Waals surface area (Å²) in [7, 11) is 0. The second kappa shape index (κ2) is 6.04. The summed E-state index contributed by atoms with van der Waals surface area (Å²) in [5, 5.41) is 2.55. The zero-order valence-corrected chi connectivity index (χ0v) is 12.1. The van der Waals surface area contributed by atoms with Crippen molar-refractivity contribution in [1.29, 1.82) is 0 Å². The van der Waals surface area contributed by atoms with E-state index >= 15 is 0 Å². The highest BCUT2D eigenvalue weighted by molar-refractivity contribution is 5.85. The van der Waals surface area contributed by atoms with Gasteiger partial charge in [-0.3, -0.25) is 16.3 Å². The van der Waals surface area contributed by atoms with Gasteiger partial charge in [0.1, 0.15) is 0 Å². The van der Waals surface area contributed by atoms with Crippen LogP contribution in [-0.4, -0.2) is 4.98 Å². The highest BCUT2D eigenvalue weighted by Crippen LogP contribution is 2.25. The van der Waals surface area contributed by atoms with Gasteiger partial charge >= 0.3 is 0 Å². The molecule has 3 heteroatoms. The Balaban J connectivity index is 1.98. The van der Waals surface area contributed by atoms with Crippen molar-refractivity contribution in [3.8, 4) is 0 Å². The lowest BCUT2D eigenvalue weighted by Gasteiger charge is -2.19. The minimum Gasteiger partial charge on any atom is -0.271 e. The molecule has 1 aromatic heterocycles. The van der Waals surface area contributed by atoms with Gasteiger partial charge in [0, 0.05) is 12.4 Å². The molecule has 0 radical (unpaired) electrons. The van der Waals surface area contributed by atoms with Crippen molar-refractivity contribution >= 4 is 10.8 Å². The van der Waals surface area contributed by atoms with Crippen LogP contribution < -0.4 is 11.3 Å². The number of fused-ring (bicyclic) bond motifs is 1. The number of pyridine rings is 1. The molecule has 0 bridgehead atoms. The second-order valence-corrected chi connectivity index (χ2v) is 5.29. The molecule has 21 heavy (non-hydrogen) atoms. The first-order valence-electron chi connectivity index (χ1n) is 7.13. The molecule has 1 unspecified atom stereocenters. The van der Waals surface area contributed by atoms with Gasteiger partial charge < -0.3 is 0 Å². The number of nitrogens with zero attached hydrogens (tertiary/aromatic N) is 1. The minimum absolute atomic E-state index is 0.0822. The molecule has 106 valence electrons. The van der Waals surface area contributed by atoms with Crippen molar-refractivity contribution in [3.63, 3.8) is 0 Å². The van der Waals surface area contributed by atoms with Crippen molar-refractivity contribution in [2.75, 3.05) is 0 Å². The van der Waals surface area contributed by atoms with Gasteiger partial charge in [-0.2, -0.15) is 0 Å². The number of hydrogen-bond acceptors (Lipinski definition) is 3. The summed E-state index contributed by atoms with van der Waals surface area (Å²) in [4.78, 5) is 4.15. The van der Waals surface area contributed by atoms with E-state index < -0.39 is 0 Å². The van der Waals surface area contributed by atoms with Crippen molar-refractivity contribution < 1.29 is 0 Å². The summed E-state index contributed by atoms with van der Waals surface area (Å²) in [5.74, 6) is 5.80. The number of nitrogens with two attached hydrogens (primary N) is 1. The third kappa shape index (κ3) is 2.79. The van der Waals surface area contributed by atoms with E-state index in [1.807, 2.05) is 18.5 Å². The highest BCUT2D eigenvalue weighted by Gasteiger charge is 2.14. The molecule has 3 N–H and O–H groups in total. The molecule has 0 saturated carbocycles. The molecule has 0 aliphatic heterocycles. The average Bonchev–Trinajstić information content (AvgIpc) is 2.53. The molecule has 0 aliphatic carbocycles. The fraction of sp³-hybridized carbons (Fsp3) is 0.167. The Kier molecular flexibility index (Phi) is 3.95. The first-order valence-corrected chi connectivity index (χ1v) is 7.13. The van der Waals surface area contributed by atoms with Crippen LogP contribution >= 0.6 is 0 Å². The highest BCUT2D eigenvalue weighted by atomic mass is 15.2. The Morgan fingerprint density at radius 1 is 1.10 bits per heavy atom. The molecule has 3 aromatic rings. The van der Waals surface area contributed by atoms with Gasteiger partial charge in [-0.05, 0) is 46.9 Å². The van der Waals surface area contributed by atoms with Gasteiger partial charge in [0.25, 0.3) is 0 Å². The Morgan fingerprint density at radius 3 is 2.71 bits per heavy atom. The van der Waals surface area contributed by atoms with Crippen molar-refractivity contribution in [2.45, 2.75) is 19.4 Å². The third-order valence-corrected chi connectivity index (χ3v) is 3.94. The number of aryl methyl sites for hydroxylation is 1. The summed E-state index contributed by atoms with van der Waals surface area (Å²) in [6, 6.07) is 17.0. The summed E-state index contributed by atoms with van der Waals surface area (Å²) in [6.07, 6.45) is 4.54. The quantitative estimate of drug-likeness (QED) is 0.568. The van der Waals surface area contributed by atoms with Crippen LogP contribution in [0.3, 0.4) is 0 Å². The van der Waals surface area contributed by atoms with Crippen LogP contribution in [-0.2, 0) is 6.42 Å². The fourth-order valence-corrected chi connectivity index (χ4v) is 2.82. The van der Waals surface area contributed by atoms with Gasteiger partial charge in [-0.25, -0.2) is 0 Å². The van der Waals surface area contributed by atoms with Crippen molar-refractivity contribution in [1.82, 2.24) is 10.4 Å². The van der Waals surface area contributed by atoms with Gasteiger partial charge in [-0.1, -0.05) is 42.5 Å². The van der Waals surface area contributed by atoms with Crippen LogP contribution in [0.25, 0.3) is 10.8 Å². The standard InChI is InChI=1S/C18H19N3/c1-13-12-20-10-9-16(13)18(21-19)11-15-7-4-6-14-5-2-3-8-17(14)15/h2-10,12,18,21H,11,19H2,1H3. The third-order valence-electron chi connectivity index (χ3n) is 3.94. The number of benzene rings is 2. The van der Waals surface area contributed by atoms with E-state index in [-0.39, 0.29) is 6.04 Å². The molecule has 1 heterocycles. The molecule has 3 rings (SSSR count). The van der Waals surface area contributed by atoms with Crippen LogP contribution in [0.4, 0.5) is 0 Å². The van der Waals surface area contributed by atoms with Crippen molar-refractivity contribution in [3.05, 3.63) is 77.6 Å². The molecule has 1 atom stereocenters. The lowest BCUT2D eigenvalue weighted by atomic mass is 9.94. The summed E-state index contributed by atoms with van der Waals surface area (Å²) in [5.41, 5.74) is 6.59. The summed E-state index contributed by atoms with van der Waals surface area (Å²) >= 11 is 0. The normalized spacial score (nSPS) is 12.5. The molecule has 0 spiro atoms.